The van der Waals surface area contributed by atoms with E-state index in [0.717, 1.165) is 6.42 Å². The normalized spacial score (nSPS) is 10.3. The second-order valence-corrected chi connectivity index (χ2v) is 3.99. The van der Waals surface area contributed by atoms with Crippen LogP contribution < -0.4 is 4.74 Å². The van der Waals surface area contributed by atoms with Crippen LogP contribution >= 0.6 is 0 Å². The number of aromatic nitrogens is 2. The van der Waals surface area contributed by atoms with E-state index in [2.05, 4.69) is 10.1 Å². The summed E-state index contributed by atoms with van der Waals surface area (Å²) in [6, 6.07) is 6.70. The molecular weight excluding hydrogens is 260 g/mol. The second kappa shape index (κ2) is 6.70. The molecule has 20 heavy (non-hydrogen) atoms. The van der Waals surface area contributed by atoms with E-state index in [4.69, 9.17) is 14.0 Å². The first kappa shape index (κ1) is 14.0. The van der Waals surface area contributed by atoms with Crippen LogP contribution in [-0.2, 0) is 17.8 Å². The molecular formula is C14H16N2O4. The lowest BCUT2D eigenvalue weighted by molar-refractivity contribution is 0.0526. The number of esters is 1. The van der Waals surface area contributed by atoms with E-state index in [0.29, 0.717) is 29.6 Å². The number of ether oxygens (including phenoxy) is 2. The fourth-order valence-electron chi connectivity index (χ4n) is 1.54. The molecule has 0 aliphatic rings. The number of carbonyl (C=O) groups excluding carboxylic acids is 1. The van der Waals surface area contributed by atoms with Crippen molar-refractivity contribution in [3.63, 3.8) is 0 Å². The largest absolute Gasteiger partial charge is 0.484 e. The molecule has 0 bridgehead atoms. The molecule has 6 heteroatoms. The number of hydrogen-bond acceptors (Lipinski definition) is 6. The van der Waals surface area contributed by atoms with E-state index in [1.165, 1.54) is 0 Å². The van der Waals surface area contributed by atoms with Crippen molar-refractivity contribution in [2.75, 3.05) is 6.61 Å². The van der Waals surface area contributed by atoms with Crippen molar-refractivity contribution < 1.29 is 18.8 Å². The van der Waals surface area contributed by atoms with Crippen LogP contribution in [0.25, 0.3) is 0 Å². The number of rotatable bonds is 6. The summed E-state index contributed by atoms with van der Waals surface area (Å²) >= 11 is 0. The summed E-state index contributed by atoms with van der Waals surface area (Å²) in [4.78, 5) is 15.6. The lowest BCUT2D eigenvalue weighted by atomic mass is 10.2. The third-order valence-electron chi connectivity index (χ3n) is 2.55. The average Bonchev–Trinajstić information content (AvgIpc) is 2.94. The smallest absolute Gasteiger partial charge is 0.338 e. The maximum absolute atomic E-state index is 11.5. The standard InChI is InChI=1S/C14H16N2O4/c1-3-12-15-13(20-16-12)9-19-11-7-5-10(6-8-11)14(17)18-4-2/h5-8H,3-4,9H2,1-2H3. The van der Waals surface area contributed by atoms with Crippen LogP contribution in [0.4, 0.5) is 0 Å². The van der Waals surface area contributed by atoms with E-state index in [1.807, 2.05) is 6.92 Å². The Morgan fingerprint density at radius 1 is 1.25 bits per heavy atom. The van der Waals surface area contributed by atoms with Gasteiger partial charge in [0, 0.05) is 6.42 Å². The predicted molar refractivity (Wildman–Crippen MR) is 70.4 cm³/mol. The Labute approximate surface area is 116 Å². The molecule has 0 fully saturated rings. The Bertz CT molecular complexity index is 563. The second-order valence-electron chi connectivity index (χ2n) is 3.99. The quantitative estimate of drug-likeness (QED) is 0.754. The molecule has 1 aromatic heterocycles. The van der Waals surface area contributed by atoms with Gasteiger partial charge >= 0.3 is 5.97 Å². The fourth-order valence-corrected chi connectivity index (χ4v) is 1.54. The monoisotopic (exact) mass is 276 g/mol. The molecule has 0 saturated heterocycles. The summed E-state index contributed by atoms with van der Waals surface area (Å²) in [5.74, 6) is 1.36. The highest BCUT2D eigenvalue weighted by Gasteiger charge is 2.08. The third-order valence-corrected chi connectivity index (χ3v) is 2.55. The van der Waals surface area contributed by atoms with Crippen molar-refractivity contribution in [1.82, 2.24) is 10.1 Å². The lowest BCUT2D eigenvalue weighted by Crippen LogP contribution is -2.04. The first-order chi connectivity index (χ1) is 9.72. The molecule has 2 rings (SSSR count). The number of aryl methyl sites for hydroxylation is 1. The van der Waals surface area contributed by atoms with Gasteiger partial charge in [-0.3, -0.25) is 0 Å². The molecule has 6 nitrogen and oxygen atoms in total. The summed E-state index contributed by atoms with van der Waals surface area (Å²) in [6.45, 7) is 4.27. The van der Waals surface area contributed by atoms with Gasteiger partial charge in [-0.05, 0) is 31.2 Å². The number of benzene rings is 1. The Kier molecular flexibility index (Phi) is 4.70. The Morgan fingerprint density at radius 2 is 2.00 bits per heavy atom. The Hall–Kier alpha value is -2.37. The van der Waals surface area contributed by atoms with Crippen molar-refractivity contribution >= 4 is 5.97 Å². The minimum absolute atomic E-state index is 0.200. The van der Waals surface area contributed by atoms with Crippen LogP contribution in [0, 0.1) is 0 Å². The highest BCUT2D eigenvalue weighted by atomic mass is 16.5. The molecule has 0 amide bonds. The predicted octanol–water partition coefficient (Wildman–Crippen LogP) is 2.39. The van der Waals surface area contributed by atoms with E-state index >= 15 is 0 Å². The van der Waals surface area contributed by atoms with Gasteiger partial charge in [-0.25, -0.2) is 4.79 Å². The van der Waals surface area contributed by atoms with Crippen LogP contribution in [0.2, 0.25) is 0 Å². The molecule has 1 aromatic carbocycles. The van der Waals surface area contributed by atoms with Crippen LogP contribution in [0.3, 0.4) is 0 Å². The van der Waals surface area contributed by atoms with Gasteiger partial charge < -0.3 is 14.0 Å². The van der Waals surface area contributed by atoms with E-state index in [1.54, 1.807) is 31.2 Å². The molecule has 1 heterocycles. The van der Waals surface area contributed by atoms with E-state index < -0.39 is 0 Å². The molecule has 2 aromatic rings. The van der Waals surface area contributed by atoms with Gasteiger partial charge in [0.15, 0.2) is 12.4 Å². The summed E-state index contributed by atoms with van der Waals surface area (Å²) in [5, 5.41) is 3.78. The van der Waals surface area contributed by atoms with Gasteiger partial charge in [0.2, 0.25) is 0 Å². The first-order valence-electron chi connectivity index (χ1n) is 6.44. The molecule has 0 unspecified atom stereocenters. The first-order valence-corrected chi connectivity index (χ1v) is 6.44. The molecule has 0 radical (unpaired) electrons. The maximum atomic E-state index is 11.5. The Morgan fingerprint density at radius 3 is 2.60 bits per heavy atom. The van der Waals surface area contributed by atoms with Gasteiger partial charge in [0.25, 0.3) is 5.89 Å². The molecule has 0 atom stereocenters. The van der Waals surface area contributed by atoms with Crippen LogP contribution in [0.15, 0.2) is 28.8 Å². The summed E-state index contributed by atoms with van der Waals surface area (Å²) in [6.07, 6.45) is 0.720. The minimum atomic E-state index is -0.344. The molecule has 106 valence electrons. The Balaban J connectivity index is 1.92. The maximum Gasteiger partial charge on any atom is 0.338 e. The zero-order valence-corrected chi connectivity index (χ0v) is 11.5. The molecule has 0 saturated carbocycles. The van der Waals surface area contributed by atoms with Crippen molar-refractivity contribution in [3.05, 3.63) is 41.5 Å². The molecule has 0 spiro atoms. The highest BCUT2D eigenvalue weighted by molar-refractivity contribution is 5.89. The summed E-state index contributed by atoms with van der Waals surface area (Å²) in [7, 11) is 0. The van der Waals surface area contributed by atoms with Crippen LogP contribution in [0.5, 0.6) is 5.75 Å². The third kappa shape index (κ3) is 3.57. The zero-order chi connectivity index (χ0) is 14.4. The molecule has 0 aliphatic heterocycles. The van der Waals surface area contributed by atoms with Gasteiger partial charge in [0.05, 0.1) is 12.2 Å². The van der Waals surface area contributed by atoms with Gasteiger partial charge in [-0.2, -0.15) is 4.98 Å². The molecule has 0 aliphatic carbocycles. The van der Waals surface area contributed by atoms with Crippen LogP contribution in [-0.4, -0.2) is 22.7 Å². The van der Waals surface area contributed by atoms with E-state index in [9.17, 15) is 4.79 Å². The van der Waals surface area contributed by atoms with Crippen molar-refractivity contribution in [3.8, 4) is 5.75 Å². The SMILES string of the molecule is CCOC(=O)c1ccc(OCc2nc(CC)no2)cc1. The van der Waals surface area contributed by atoms with Crippen molar-refractivity contribution in [1.29, 1.82) is 0 Å². The van der Waals surface area contributed by atoms with Gasteiger partial charge in [-0.1, -0.05) is 12.1 Å². The summed E-state index contributed by atoms with van der Waals surface area (Å²) < 4.78 is 15.4. The van der Waals surface area contributed by atoms with Gasteiger partial charge in [-0.15, -0.1) is 0 Å². The molecule has 0 N–H and O–H groups in total. The topological polar surface area (TPSA) is 74.5 Å². The average molecular weight is 276 g/mol. The minimum Gasteiger partial charge on any atom is -0.484 e. The lowest BCUT2D eigenvalue weighted by Gasteiger charge is -2.04. The number of nitrogens with zero attached hydrogens (tertiary/aromatic N) is 2. The van der Waals surface area contributed by atoms with Crippen LogP contribution in [0.1, 0.15) is 35.9 Å². The van der Waals surface area contributed by atoms with Crippen molar-refractivity contribution in [2.24, 2.45) is 0 Å². The highest BCUT2D eigenvalue weighted by Crippen LogP contribution is 2.14. The van der Waals surface area contributed by atoms with Gasteiger partial charge in [0.1, 0.15) is 5.75 Å². The summed E-state index contributed by atoms with van der Waals surface area (Å²) in [5.41, 5.74) is 0.491. The number of carbonyl (C=O) groups is 1. The number of hydrogen-bond donors (Lipinski definition) is 0. The van der Waals surface area contributed by atoms with E-state index in [-0.39, 0.29) is 12.6 Å². The zero-order valence-electron chi connectivity index (χ0n) is 11.5. The fraction of sp³-hybridized carbons (Fsp3) is 0.357. The van der Waals surface area contributed by atoms with Crippen molar-refractivity contribution in [2.45, 2.75) is 26.9 Å².